The molecule has 0 saturated carbocycles. The SMILES string of the molecule is Cc1cccc(NC(C)c2cnccn2)c1Br. The molecule has 1 N–H and O–H groups in total. The summed E-state index contributed by atoms with van der Waals surface area (Å²) in [6.07, 6.45) is 5.17. The standard InChI is InChI=1S/C13H14BrN3/c1-9-4-3-5-11(13(9)14)17-10(2)12-8-15-6-7-16-12/h3-8,10,17H,1-2H3. The third-order valence-electron chi connectivity index (χ3n) is 2.59. The van der Waals surface area contributed by atoms with Crippen LogP contribution in [0.3, 0.4) is 0 Å². The van der Waals surface area contributed by atoms with E-state index in [9.17, 15) is 0 Å². The lowest BCUT2D eigenvalue weighted by Crippen LogP contribution is -2.09. The highest BCUT2D eigenvalue weighted by Gasteiger charge is 2.09. The molecule has 0 aliphatic carbocycles. The highest BCUT2D eigenvalue weighted by Crippen LogP contribution is 2.28. The van der Waals surface area contributed by atoms with Gasteiger partial charge in [0.25, 0.3) is 0 Å². The summed E-state index contributed by atoms with van der Waals surface area (Å²) in [7, 11) is 0. The molecular formula is C13H14BrN3. The molecule has 1 aromatic heterocycles. The van der Waals surface area contributed by atoms with Gasteiger partial charge >= 0.3 is 0 Å². The first kappa shape index (κ1) is 12.0. The third kappa shape index (κ3) is 2.82. The number of halogens is 1. The second-order valence-electron chi connectivity index (χ2n) is 3.93. The lowest BCUT2D eigenvalue weighted by atomic mass is 10.2. The van der Waals surface area contributed by atoms with Crippen molar-refractivity contribution in [3.8, 4) is 0 Å². The summed E-state index contributed by atoms with van der Waals surface area (Å²) in [5, 5.41) is 3.42. The monoisotopic (exact) mass is 291 g/mol. The Balaban J connectivity index is 2.19. The number of aryl methyl sites for hydroxylation is 1. The lowest BCUT2D eigenvalue weighted by Gasteiger charge is -2.16. The summed E-state index contributed by atoms with van der Waals surface area (Å²) in [6.45, 7) is 4.14. The Morgan fingerprint density at radius 2 is 2.12 bits per heavy atom. The number of benzene rings is 1. The van der Waals surface area contributed by atoms with E-state index in [0.29, 0.717) is 0 Å². The Kier molecular flexibility index (Phi) is 3.74. The minimum Gasteiger partial charge on any atom is -0.376 e. The van der Waals surface area contributed by atoms with Crippen LogP contribution in [-0.2, 0) is 0 Å². The van der Waals surface area contributed by atoms with Gasteiger partial charge in [0, 0.05) is 22.6 Å². The van der Waals surface area contributed by atoms with Gasteiger partial charge in [-0.25, -0.2) is 0 Å². The first-order valence-electron chi connectivity index (χ1n) is 5.46. The van der Waals surface area contributed by atoms with E-state index >= 15 is 0 Å². The van der Waals surface area contributed by atoms with Gasteiger partial charge in [-0.1, -0.05) is 12.1 Å². The summed E-state index contributed by atoms with van der Waals surface area (Å²) in [5.41, 5.74) is 3.21. The van der Waals surface area contributed by atoms with Crippen molar-refractivity contribution in [3.63, 3.8) is 0 Å². The van der Waals surface area contributed by atoms with Gasteiger partial charge in [0.1, 0.15) is 0 Å². The number of nitrogens with one attached hydrogen (secondary N) is 1. The molecule has 0 radical (unpaired) electrons. The highest BCUT2D eigenvalue weighted by atomic mass is 79.9. The van der Waals surface area contributed by atoms with Crippen LogP contribution in [0.1, 0.15) is 24.2 Å². The van der Waals surface area contributed by atoms with Gasteiger partial charge in [0.2, 0.25) is 0 Å². The molecule has 0 bridgehead atoms. The summed E-state index contributed by atoms with van der Waals surface area (Å²) in [5.74, 6) is 0. The summed E-state index contributed by atoms with van der Waals surface area (Å²) in [6, 6.07) is 6.28. The summed E-state index contributed by atoms with van der Waals surface area (Å²) < 4.78 is 1.09. The van der Waals surface area contributed by atoms with Crippen LogP contribution in [0.15, 0.2) is 41.3 Å². The van der Waals surface area contributed by atoms with Gasteiger partial charge in [0.15, 0.2) is 0 Å². The molecule has 17 heavy (non-hydrogen) atoms. The molecule has 4 heteroatoms. The molecule has 1 heterocycles. The molecule has 0 amide bonds. The van der Waals surface area contributed by atoms with Crippen LogP contribution in [0.2, 0.25) is 0 Å². The van der Waals surface area contributed by atoms with Crippen LogP contribution >= 0.6 is 15.9 Å². The van der Waals surface area contributed by atoms with Crippen molar-refractivity contribution in [2.75, 3.05) is 5.32 Å². The average Bonchev–Trinajstić information content (AvgIpc) is 2.36. The largest absolute Gasteiger partial charge is 0.376 e. The summed E-state index contributed by atoms with van der Waals surface area (Å²) >= 11 is 3.58. The van der Waals surface area contributed by atoms with Crippen molar-refractivity contribution >= 4 is 21.6 Å². The van der Waals surface area contributed by atoms with Crippen molar-refractivity contribution < 1.29 is 0 Å². The van der Waals surface area contributed by atoms with Crippen molar-refractivity contribution in [2.45, 2.75) is 19.9 Å². The van der Waals surface area contributed by atoms with Crippen molar-refractivity contribution in [3.05, 3.63) is 52.5 Å². The maximum atomic E-state index is 4.29. The van der Waals surface area contributed by atoms with Crippen LogP contribution in [-0.4, -0.2) is 9.97 Å². The number of aromatic nitrogens is 2. The number of anilines is 1. The van der Waals surface area contributed by atoms with Gasteiger partial charge in [-0.05, 0) is 41.4 Å². The molecule has 1 unspecified atom stereocenters. The zero-order chi connectivity index (χ0) is 12.3. The second-order valence-corrected chi connectivity index (χ2v) is 4.73. The topological polar surface area (TPSA) is 37.8 Å². The maximum absolute atomic E-state index is 4.29. The first-order valence-corrected chi connectivity index (χ1v) is 6.25. The summed E-state index contributed by atoms with van der Waals surface area (Å²) in [4.78, 5) is 8.36. The molecule has 0 spiro atoms. The van der Waals surface area contributed by atoms with Crippen LogP contribution in [0.4, 0.5) is 5.69 Å². The fourth-order valence-electron chi connectivity index (χ4n) is 1.60. The minimum absolute atomic E-state index is 0.127. The quantitative estimate of drug-likeness (QED) is 0.937. The van der Waals surface area contributed by atoms with E-state index in [0.717, 1.165) is 15.9 Å². The number of nitrogens with zero attached hydrogens (tertiary/aromatic N) is 2. The third-order valence-corrected chi connectivity index (χ3v) is 3.64. The molecule has 2 aromatic rings. The lowest BCUT2D eigenvalue weighted by molar-refractivity contribution is 0.826. The fraction of sp³-hybridized carbons (Fsp3) is 0.231. The van der Waals surface area contributed by atoms with Gasteiger partial charge in [-0.2, -0.15) is 0 Å². The molecule has 0 aliphatic rings. The van der Waals surface area contributed by atoms with Crippen LogP contribution in [0, 0.1) is 6.92 Å². The predicted molar refractivity (Wildman–Crippen MR) is 72.9 cm³/mol. The molecule has 88 valence electrons. The molecule has 2 rings (SSSR count). The van der Waals surface area contributed by atoms with Gasteiger partial charge in [0.05, 0.1) is 17.9 Å². The van der Waals surface area contributed by atoms with Crippen LogP contribution in [0.5, 0.6) is 0 Å². The fourth-order valence-corrected chi connectivity index (χ4v) is 1.98. The van der Waals surface area contributed by atoms with E-state index in [-0.39, 0.29) is 6.04 Å². The Bertz CT molecular complexity index is 499. The van der Waals surface area contributed by atoms with Gasteiger partial charge in [-0.3, -0.25) is 9.97 Å². The zero-order valence-corrected chi connectivity index (χ0v) is 11.4. The number of rotatable bonds is 3. The predicted octanol–water partition coefficient (Wildman–Crippen LogP) is 3.72. The molecular weight excluding hydrogens is 278 g/mol. The molecule has 3 nitrogen and oxygen atoms in total. The molecule has 0 aliphatic heterocycles. The number of hydrogen-bond donors (Lipinski definition) is 1. The first-order chi connectivity index (χ1) is 8.18. The van der Waals surface area contributed by atoms with Crippen molar-refractivity contribution in [2.24, 2.45) is 0 Å². The Morgan fingerprint density at radius 3 is 2.82 bits per heavy atom. The normalized spacial score (nSPS) is 12.2. The highest BCUT2D eigenvalue weighted by molar-refractivity contribution is 9.10. The Morgan fingerprint density at radius 1 is 1.29 bits per heavy atom. The van der Waals surface area contributed by atoms with E-state index < -0.39 is 0 Å². The maximum Gasteiger partial charge on any atom is 0.0806 e. The van der Waals surface area contributed by atoms with Crippen LogP contribution < -0.4 is 5.32 Å². The minimum atomic E-state index is 0.127. The second kappa shape index (κ2) is 5.27. The molecule has 0 saturated heterocycles. The Labute approximate surface area is 109 Å². The van der Waals surface area contributed by atoms with Gasteiger partial charge < -0.3 is 5.32 Å². The average molecular weight is 292 g/mol. The van der Waals surface area contributed by atoms with E-state index in [1.807, 2.05) is 12.1 Å². The number of hydrogen-bond acceptors (Lipinski definition) is 3. The smallest absolute Gasteiger partial charge is 0.0806 e. The van der Waals surface area contributed by atoms with Crippen LogP contribution in [0.25, 0.3) is 0 Å². The van der Waals surface area contributed by atoms with E-state index in [1.54, 1.807) is 18.6 Å². The van der Waals surface area contributed by atoms with E-state index in [2.05, 4.69) is 51.1 Å². The Hall–Kier alpha value is -1.42. The van der Waals surface area contributed by atoms with Gasteiger partial charge in [-0.15, -0.1) is 0 Å². The van der Waals surface area contributed by atoms with Crippen molar-refractivity contribution in [1.29, 1.82) is 0 Å². The molecule has 0 fully saturated rings. The van der Waals surface area contributed by atoms with E-state index in [4.69, 9.17) is 0 Å². The zero-order valence-electron chi connectivity index (χ0n) is 9.81. The molecule has 1 aromatic carbocycles. The van der Waals surface area contributed by atoms with E-state index in [1.165, 1.54) is 5.56 Å². The molecule has 1 atom stereocenters. The van der Waals surface area contributed by atoms with Crippen molar-refractivity contribution in [1.82, 2.24) is 9.97 Å².